The molecule has 0 aliphatic carbocycles. The molecular formula is C27H24N2O. The molecule has 0 bridgehead atoms. The molecule has 0 unspecified atom stereocenters. The molecule has 0 aromatic heterocycles. The van der Waals surface area contributed by atoms with Crippen molar-refractivity contribution in [3.05, 3.63) is 113 Å². The van der Waals surface area contributed by atoms with Crippen molar-refractivity contribution in [1.82, 2.24) is 4.90 Å². The van der Waals surface area contributed by atoms with Gasteiger partial charge in [0.05, 0.1) is 6.07 Å². The molecule has 1 amide bonds. The van der Waals surface area contributed by atoms with Gasteiger partial charge in [0, 0.05) is 23.2 Å². The Balaban J connectivity index is 1.97. The van der Waals surface area contributed by atoms with Crippen molar-refractivity contribution in [2.75, 3.05) is 0 Å². The second kappa shape index (κ2) is 8.00. The predicted octanol–water partition coefficient (Wildman–Crippen LogP) is 6.03. The molecule has 1 heterocycles. The van der Waals surface area contributed by atoms with Crippen LogP contribution in [0.1, 0.15) is 51.9 Å². The van der Waals surface area contributed by atoms with Gasteiger partial charge >= 0.3 is 0 Å². The number of amides is 1. The molecule has 3 heteroatoms. The summed E-state index contributed by atoms with van der Waals surface area (Å²) in [4.78, 5) is 15.4. The summed E-state index contributed by atoms with van der Waals surface area (Å²) >= 11 is 0. The summed E-state index contributed by atoms with van der Waals surface area (Å²) in [5, 5.41) is 10.7. The van der Waals surface area contributed by atoms with Crippen LogP contribution in [0.3, 0.4) is 0 Å². The number of fused-ring (bicyclic) bond motifs is 1. The molecule has 4 rings (SSSR count). The highest BCUT2D eigenvalue weighted by Gasteiger charge is 2.50. The molecule has 3 aromatic carbocycles. The summed E-state index contributed by atoms with van der Waals surface area (Å²) in [5.74, 6) is -0.336. The van der Waals surface area contributed by atoms with E-state index in [4.69, 9.17) is 0 Å². The number of benzene rings is 3. The predicted molar refractivity (Wildman–Crippen MR) is 120 cm³/mol. The maximum absolute atomic E-state index is 13.8. The molecule has 3 aromatic rings. The first-order valence-electron chi connectivity index (χ1n) is 10.3. The van der Waals surface area contributed by atoms with E-state index in [2.05, 4.69) is 13.0 Å². The lowest BCUT2D eigenvalue weighted by atomic mass is 9.70. The maximum Gasteiger partial charge on any atom is 0.259 e. The number of aryl methyl sites for hydroxylation is 1. The zero-order valence-electron chi connectivity index (χ0n) is 17.2. The minimum absolute atomic E-state index is 0.158. The Kier molecular flexibility index (Phi) is 5.25. The first kappa shape index (κ1) is 19.7. The van der Waals surface area contributed by atoms with Gasteiger partial charge in [0.15, 0.2) is 5.54 Å². The van der Waals surface area contributed by atoms with Gasteiger partial charge < -0.3 is 0 Å². The molecule has 0 radical (unpaired) electrons. The number of nitriles is 1. The lowest BCUT2D eigenvalue weighted by molar-refractivity contribution is 0.0652. The molecule has 0 saturated heterocycles. The van der Waals surface area contributed by atoms with Crippen LogP contribution in [0.4, 0.5) is 0 Å². The molecule has 1 aliphatic heterocycles. The third kappa shape index (κ3) is 3.02. The van der Waals surface area contributed by atoms with E-state index in [9.17, 15) is 10.1 Å². The monoisotopic (exact) mass is 392 g/mol. The van der Waals surface area contributed by atoms with Gasteiger partial charge in [-0.05, 0) is 42.2 Å². The number of hydrogen-bond acceptors (Lipinski definition) is 2. The Morgan fingerprint density at radius 3 is 2.37 bits per heavy atom. The highest BCUT2D eigenvalue weighted by Crippen LogP contribution is 2.48. The third-order valence-electron chi connectivity index (χ3n) is 6.03. The molecule has 3 nitrogen and oxygen atoms in total. The second-order valence-electron chi connectivity index (χ2n) is 7.64. The van der Waals surface area contributed by atoms with Crippen molar-refractivity contribution in [1.29, 1.82) is 5.26 Å². The van der Waals surface area contributed by atoms with Gasteiger partial charge in [-0.15, -0.1) is 0 Å². The van der Waals surface area contributed by atoms with Crippen molar-refractivity contribution in [2.45, 2.75) is 31.7 Å². The fourth-order valence-electron chi connectivity index (χ4n) is 4.57. The Morgan fingerprint density at radius 2 is 1.67 bits per heavy atom. The van der Waals surface area contributed by atoms with Gasteiger partial charge in [-0.3, -0.25) is 9.69 Å². The van der Waals surface area contributed by atoms with Crippen LogP contribution in [-0.4, -0.2) is 10.8 Å². The van der Waals surface area contributed by atoms with E-state index in [0.29, 0.717) is 5.56 Å². The number of carbonyl (C=O) groups excluding carboxylic acids is 1. The van der Waals surface area contributed by atoms with Gasteiger partial charge in [0.2, 0.25) is 0 Å². The zero-order chi connectivity index (χ0) is 21.1. The minimum Gasteiger partial charge on any atom is -0.291 e. The van der Waals surface area contributed by atoms with Crippen LogP contribution in [0.5, 0.6) is 0 Å². The molecule has 2 atom stereocenters. The van der Waals surface area contributed by atoms with E-state index in [1.54, 1.807) is 11.1 Å². The first-order valence-corrected chi connectivity index (χ1v) is 10.3. The lowest BCUT2D eigenvalue weighted by Crippen LogP contribution is -2.51. The number of carbonyl (C=O) groups is 1. The molecule has 0 spiro atoms. The summed E-state index contributed by atoms with van der Waals surface area (Å²) in [6.45, 7) is 4.01. The second-order valence-corrected chi connectivity index (χ2v) is 7.64. The van der Waals surface area contributed by atoms with Crippen LogP contribution in [0.25, 0.3) is 6.08 Å². The SMILES string of the molecule is CC[C@@H](c1ccccc1)[C@]1(C#N)c2ccccc2C=CN1C(=O)c1ccccc1C. The lowest BCUT2D eigenvalue weighted by Gasteiger charge is -2.45. The smallest absolute Gasteiger partial charge is 0.259 e. The normalized spacial score (nSPS) is 18.4. The quantitative estimate of drug-likeness (QED) is 0.544. The van der Waals surface area contributed by atoms with Gasteiger partial charge in [-0.1, -0.05) is 79.7 Å². The Hall–Kier alpha value is -3.64. The number of nitrogens with zero attached hydrogens (tertiary/aromatic N) is 2. The summed E-state index contributed by atoms with van der Waals surface area (Å²) in [6, 6.07) is 28.1. The fourth-order valence-corrected chi connectivity index (χ4v) is 4.57. The molecule has 0 fully saturated rings. The fraction of sp³-hybridized carbons (Fsp3) is 0.185. The molecule has 30 heavy (non-hydrogen) atoms. The van der Waals surface area contributed by atoms with Gasteiger partial charge in [-0.2, -0.15) is 5.26 Å². The van der Waals surface area contributed by atoms with Gasteiger partial charge in [-0.25, -0.2) is 0 Å². The largest absolute Gasteiger partial charge is 0.291 e. The van der Waals surface area contributed by atoms with Crippen LogP contribution >= 0.6 is 0 Å². The van der Waals surface area contributed by atoms with Crippen LogP contribution < -0.4 is 0 Å². The van der Waals surface area contributed by atoms with E-state index in [1.807, 2.05) is 91.9 Å². The maximum atomic E-state index is 13.8. The Morgan fingerprint density at radius 1 is 1.00 bits per heavy atom. The van der Waals surface area contributed by atoms with Gasteiger partial charge in [0.25, 0.3) is 5.91 Å². The third-order valence-corrected chi connectivity index (χ3v) is 6.03. The van der Waals surface area contributed by atoms with Crippen molar-refractivity contribution in [3.63, 3.8) is 0 Å². The van der Waals surface area contributed by atoms with E-state index >= 15 is 0 Å². The summed E-state index contributed by atoms with van der Waals surface area (Å²) < 4.78 is 0. The average molecular weight is 393 g/mol. The van der Waals surface area contributed by atoms with E-state index < -0.39 is 5.54 Å². The molecule has 0 N–H and O–H groups in total. The standard InChI is InChI=1S/C27H24N2O/c1-3-24(21-12-5-4-6-13-21)27(19-28)25-16-10-8-14-22(25)17-18-29(27)26(30)23-15-9-7-11-20(23)2/h4-18,24H,3H2,1-2H3/t24-,27+/m0/s1. The van der Waals surface area contributed by atoms with E-state index in [-0.39, 0.29) is 11.8 Å². The summed E-state index contributed by atoms with van der Waals surface area (Å²) in [5.41, 5.74) is 3.27. The van der Waals surface area contributed by atoms with E-state index in [0.717, 1.165) is 28.7 Å². The Bertz CT molecular complexity index is 1140. The average Bonchev–Trinajstić information content (AvgIpc) is 2.80. The Labute approximate surface area is 177 Å². The van der Waals surface area contributed by atoms with Crippen LogP contribution in [0, 0.1) is 18.3 Å². The van der Waals surface area contributed by atoms with Crippen LogP contribution in [0.2, 0.25) is 0 Å². The molecule has 1 aliphatic rings. The molecule has 0 saturated carbocycles. The number of hydrogen-bond donors (Lipinski definition) is 0. The van der Waals surface area contributed by atoms with Crippen molar-refractivity contribution in [2.24, 2.45) is 0 Å². The van der Waals surface area contributed by atoms with Crippen molar-refractivity contribution >= 4 is 12.0 Å². The first-order chi connectivity index (χ1) is 14.6. The van der Waals surface area contributed by atoms with Gasteiger partial charge in [0.1, 0.15) is 0 Å². The molecule has 148 valence electrons. The molecular weight excluding hydrogens is 368 g/mol. The van der Waals surface area contributed by atoms with E-state index in [1.165, 1.54) is 0 Å². The van der Waals surface area contributed by atoms with Crippen molar-refractivity contribution < 1.29 is 4.79 Å². The topological polar surface area (TPSA) is 44.1 Å². The summed E-state index contributed by atoms with van der Waals surface area (Å²) in [7, 11) is 0. The number of rotatable bonds is 4. The minimum atomic E-state index is -1.14. The zero-order valence-corrected chi connectivity index (χ0v) is 17.2. The van der Waals surface area contributed by atoms with Crippen LogP contribution in [-0.2, 0) is 5.54 Å². The van der Waals surface area contributed by atoms with Crippen LogP contribution in [0.15, 0.2) is 85.1 Å². The highest BCUT2D eigenvalue weighted by atomic mass is 16.2. The van der Waals surface area contributed by atoms with Crippen molar-refractivity contribution in [3.8, 4) is 6.07 Å². The summed E-state index contributed by atoms with van der Waals surface area (Å²) in [6.07, 6.45) is 4.43. The highest BCUT2D eigenvalue weighted by molar-refractivity contribution is 5.98.